The van der Waals surface area contributed by atoms with Gasteiger partial charge in [0.15, 0.2) is 0 Å². The monoisotopic (exact) mass is 202 g/mol. The van der Waals surface area contributed by atoms with Crippen molar-refractivity contribution >= 4 is 6.09 Å². The van der Waals surface area contributed by atoms with E-state index in [2.05, 4.69) is 5.10 Å². The topological polar surface area (TPSA) is 55.1 Å². The van der Waals surface area contributed by atoms with Gasteiger partial charge < -0.3 is 5.11 Å². The van der Waals surface area contributed by atoms with Gasteiger partial charge in [-0.05, 0) is 13.0 Å². The largest absolute Gasteiger partial charge is 0.463 e. The predicted molar refractivity (Wildman–Crippen MR) is 55.8 cm³/mol. The second-order valence-electron chi connectivity index (χ2n) is 3.23. The molecule has 4 nitrogen and oxygen atoms in total. The summed E-state index contributed by atoms with van der Waals surface area (Å²) in [5, 5.41) is 12.8. The number of hydrogen-bond acceptors (Lipinski definition) is 2. The summed E-state index contributed by atoms with van der Waals surface area (Å²) in [4.78, 5) is 10.9. The first-order valence-corrected chi connectivity index (χ1v) is 4.54. The SMILES string of the molecule is Cc1cc(-c2ccccc2)n(C(=O)O)n1. The summed E-state index contributed by atoms with van der Waals surface area (Å²) in [6.45, 7) is 1.77. The van der Waals surface area contributed by atoms with E-state index in [1.165, 1.54) is 0 Å². The zero-order valence-electron chi connectivity index (χ0n) is 8.21. The lowest BCUT2D eigenvalue weighted by molar-refractivity contribution is 0.193. The fourth-order valence-corrected chi connectivity index (χ4v) is 1.46. The molecule has 1 N–H and O–H groups in total. The van der Waals surface area contributed by atoms with Gasteiger partial charge in [-0.3, -0.25) is 0 Å². The molecule has 0 unspecified atom stereocenters. The number of carbonyl (C=O) groups is 1. The van der Waals surface area contributed by atoms with Crippen LogP contribution in [0.1, 0.15) is 5.69 Å². The van der Waals surface area contributed by atoms with Crippen molar-refractivity contribution in [2.24, 2.45) is 0 Å². The Morgan fingerprint density at radius 2 is 2.00 bits per heavy atom. The van der Waals surface area contributed by atoms with Crippen molar-refractivity contribution in [3.63, 3.8) is 0 Å². The third-order valence-corrected chi connectivity index (χ3v) is 2.08. The molecule has 76 valence electrons. The van der Waals surface area contributed by atoms with Crippen molar-refractivity contribution in [2.45, 2.75) is 6.92 Å². The summed E-state index contributed by atoms with van der Waals surface area (Å²) >= 11 is 0. The number of rotatable bonds is 1. The van der Waals surface area contributed by atoms with E-state index in [9.17, 15) is 4.79 Å². The molecule has 1 aromatic heterocycles. The molecular weight excluding hydrogens is 192 g/mol. The summed E-state index contributed by atoms with van der Waals surface area (Å²) in [6.07, 6.45) is -1.07. The highest BCUT2D eigenvalue weighted by Gasteiger charge is 2.12. The molecule has 0 spiro atoms. The van der Waals surface area contributed by atoms with E-state index in [1.807, 2.05) is 30.3 Å². The van der Waals surface area contributed by atoms with Crippen LogP contribution in [0.15, 0.2) is 36.4 Å². The highest BCUT2D eigenvalue weighted by Crippen LogP contribution is 2.19. The molecule has 1 aromatic carbocycles. The van der Waals surface area contributed by atoms with E-state index in [4.69, 9.17) is 5.11 Å². The zero-order valence-corrected chi connectivity index (χ0v) is 8.21. The molecule has 0 radical (unpaired) electrons. The maximum Gasteiger partial charge on any atom is 0.432 e. The van der Waals surface area contributed by atoms with E-state index in [1.54, 1.807) is 13.0 Å². The predicted octanol–water partition coefficient (Wildman–Crippen LogP) is 2.38. The lowest BCUT2D eigenvalue weighted by Gasteiger charge is -2.00. The first-order valence-electron chi connectivity index (χ1n) is 4.54. The second-order valence-corrected chi connectivity index (χ2v) is 3.23. The van der Waals surface area contributed by atoms with Crippen molar-refractivity contribution in [1.29, 1.82) is 0 Å². The minimum absolute atomic E-state index is 0.598. The molecule has 2 aromatic rings. The van der Waals surface area contributed by atoms with Crippen LogP contribution < -0.4 is 0 Å². The van der Waals surface area contributed by atoms with Gasteiger partial charge in [-0.2, -0.15) is 9.78 Å². The van der Waals surface area contributed by atoms with Crippen LogP contribution >= 0.6 is 0 Å². The fraction of sp³-hybridized carbons (Fsp3) is 0.0909. The van der Waals surface area contributed by atoms with Gasteiger partial charge in [-0.25, -0.2) is 4.79 Å². The molecule has 0 aliphatic rings. The molecule has 0 aliphatic carbocycles. The van der Waals surface area contributed by atoms with Crippen molar-refractivity contribution in [2.75, 3.05) is 0 Å². The van der Waals surface area contributed by atoms with Gasteiger partial charge in [0.05, 0.1) is 11.4 Å². The first-order chi connectivity index (χ1) is 7.18. The van der Waals surface area contributed by atoms with E-state index in [0.717, 1.165) is 10.2 Å². The third-order valence-electron chi connectivity index (χ3n) is 2.08. The van der Waals surface area contributed by atoms with Crippen LogP contribution in [-0.2, 0) is 0 Å². The van der Waals surface area contributed by atoms with Crippen LogP contribution in [0.5, 0.6) is 0 Å². The Morgan fingerprint density at radius 3 is 2.60 bits per heavy atom. The number of aromatic nitrogens is 2. The Labute approximate surface area is 86.8 Å². The number of hydrogen-bond donors (Lipinski definition) is 1. The smallest absolute Gasteiger partial charge is 0.432 e. The first kappa shape index (κ1) is 9.45. The molecule has 0 amide bonds. The molecular formula is C11H10N2O2. The standard InChI is InChI=1S/C11H10N2O2/c1-8-7-10(13(12-8)11(14)15)9-5-3-2-4-6-9/h2-7H,1H3,(H,14,15). The Morgan fingerprint density at radius 1 is 1.33 bits per heavy atom. The van der Waals surface area contributed by atoms with E-state index < -0.39 is 6.09 Å². The van der Waals surface area contributed by atoms with Crippen LogP contribution in [0.25, 0.3) is 11.3 Å². The Kier molecular flexibility index (Phi) is 2.25. The summed E-state index contributed by atoms with van der Waals surface area (Å²) < 4.78 is 0.991. The molecule has 0 saturated heterocycles. The minimum atomic E-state index is -1.07. The molecule has 15 heavy (non-hydrogen) atoms. The minimum Gasteiger partial charge on any atom is -0.463 e. The number of benzene rings is 1. The zero-order chi connectivity index (χ0) is 10.8. The number of aryl methyl sites for hydroxylation is 1. The molecule has 0 saturated carbocycles. The average molecular weight is 202 g/mol. The molecule has 0 aliphatic heterocycles. The van der Waals surface area contributed by atoms with Crippen molar-refractivity contribution in [3.05, 3.63) is 42.1 Å². The van der Waals surface area contributed by atoms with Crippen molar-refractivity contribution < 1.29 is 9.90 Å². The van der Waals surface area contributed by atoms with Crippen LogP contribution in [-0.4, -0.2) is 21.0 Å². The molecule has 2 rings (SSSR count). The van der Waals surface area contributed by atoms with Gasteiger partial charge in [0.2, 0.25) is 0 Å². The van der Waals surface area contributed by atoms with Gasteiger partial charge in [-0.15, -0.1) is 0 Å². The maximum atomic E-state index is 10.9. The Bertz CT molecular complexity index is 489. The van der Waals surface area contributed by atoms with Crippen molar-refractivity contribution in [1.82, 2.24) is 9.78 Å². The highest BCUT2D eigenvalue weighted by atomic mass is 16.4. The van der Waals surface area contributed by atoms with Gasteiger partial charge in [-0.1, -0.05) is 30.3 Å². The number of nitrogens with zero attached hydrogens (tertiary/aromatic N) is 2. The normalized spacial score (nSPS) is 10.2. The van der Waals surface area contributed by atoms with Crippen LogP contribution in [0.2, 0.25) is 0 Å². The van der Waals surface area contributed by atoms with Crippen LogP contribution in [0.3, 0.4) is 0 Å². The maximum absolute atomic E-state index is 10.9. The second kappa shape index (κ2) is 3.57. The molecule has 0 atom stereocenters. The molecule has 4 heteroatoms. The fourth-order valence-electron chi connectivity index (χ4n) is 1.46. The van der Waals surface area contributed by atoms with E-state index >= 15 is 0 Å². The highest BCUT2D eigenvalue weighted by molar-refractivity contribution is 5.75. The van der Waals surface area contributed by atoms with Crippen molar-refractivity contribution in [3.8, 4) is 11.3 Å². The third kappa shape index (κ3) is 1.74. The Hall–Kier alpha value is -2.10. The summed E-state index contributed by atoms with van der Waals surface area (Å²) in [5.41, 5.74) is 2.14. The molecule has 0 fully saturated rings. The van der Waals surface area contributed by atoms with Gasteiger partial charge >= 0.3 is 6.09 Å². The summed E-state index contributed by atoms with van der Waals surface area (Å²) in [5.74, 6) is 0. The lowest BCUT2D eigenvalue weighted by Crippen LogP contribution is -2.11. The average Bonchev–Trinajstić information content (AvgIpc) is 2.62. The van der Waals surface area contributed by atoms with E-state index in [-0.39, 0.29) is 0 Å². The summed E-state index contributed by atoms with van der Waals surface area (Å²) in [6, 6.07) is 11.1. The Balaban J connectivity index is 2.58. The van der Waals surface area contributed by atoms with Crippen LogP contribution in [0.4, 0.5) is 4.79 Å². The molecule has 0 bridgehead atoms. The summed E-state index contributed by atoms with van der Waals surface area (Å²) in [7, 11) is 0. The van der Waals surface area contributed by atoms with Gasteiger partial charge in [0, 0.05) is 5.56 Å². The molecule has 1 heterocycles. The number of carboxylic acid groups (broad SMARTS) is 1. The van der Waals surface area contributed by atoms with Gasteiger partial charge in [0.25, 0.3) is 0 Å². The quantitative estimate of drug-likeness (QED) is 0.772. The lowest BCUT2D eigenvalue weighted by atomic mass is 10.1. The van der Waals surface area contributed by atoms with E-state index in [0.29, 0.717) is 11.4 Å². The van der Waals surface area contributed by atoms with Gasteiger partial charge in [0.1, 0.15) is 0 Å². The van der Waals surface area contributed by atoms with Crippen LogP contribution in [0, 0.1) is 6.92 Å².